The van der Waals surface area contributed by atoms with Crippen LogP contribution in [0, 0.1) is 0 Å². The summed E-state index contributed by atoms with van der Waals surface area (Å²) in [7, 11) is 1.45. The number of carbonyl (C=O) groups is 2. The lowest BCUT2D eigenvalue weighted by Gasteiger charge is -2.01. The van der Waals surface area contributed by atoms with Crippen molar-refractivity contribution in [3.05, 3.63) is 42.0 Å². The summed E-state index contributed by atoms with van der Waals surface area (Å²) in [5, 5.41) is 11.3. The van der Waals surface area contributed by atoms with Crippen molar-refractivity contribution >= 4 is 17.4 Å². The van der Waals surface area contributed by atoms with Crippen LogP contribution >= 0.6 is 0 Å². The Kier molecular flexibility index (Phi) is 3.62. The molecule has 15 heavy (non-hydrogen) atoms. The first-order valence-electron chi connectivity index (χ1n) is 4.37. The van der Waals surface area contributed by atoms with Gasteiger partial charge in [-0.05, 0) is 5.56 Å². The van der Waals surface area contributed by atoms with Gasteiger partial charge in [-0.25, -0.2) is 4.79 Å². The lowest BCUT2D eigenvalue weighted by Crippen LogP contribution is -2.16. The molecule has 0 spiro atoms. The van der Waals surface area contributed by atoms with Crippen LogP contribution in [-0.4, -0.2) is 24.0 Å². The van der Waals surface area contributed by atoms with Gasteiger partial charge in [-0.2, -0.15) is 0 Å². The second kappa shape index (κ2) is 4.95. The number of nitrogens with one attached hydrogen (secondary N) is 1. The summed E-state index contributed by atoms with van der Waals surface area (Å²) in [6, 6.07) is 8.50. The molecule has 0 atom stereocenters. The fraction of sp³-hybridized carbons (Fsp3) is 0.0909. The fourth-order valence-corrected chi connectivity index (χ4v) is 1.09. The number of benzene rings is 1. The molecule has 0 heterocycles. The van der Waals surface area contributed by atoms with Gasteiger partial charge in [-0.15, -0.1) is 0 Å². The van der Waals surface area contributed by atoms with Gasteiger partial charge in [0, 0.05) is 13.1 Å². The van der Waals surface area contributed by atoms with Crippen LogP contribution in [0.15, 0.2) is 36.4 Å². The molecule has 0 aromatic heterocycles. The van der Waals surface area contributed by atoms with E-state index < -0.39 is 11.9 Å². The largest absolute Gasteiger partial charge is 0.478 e. The highest BCUT2D eigenvalue weighted by Gasteiger charge is 2.11. The van der Waals surface area contributed by atoms with Crippen molar-refractivity contribution in [2.24, 2.45) is 0 Å². The van der Waals surface area contributed by atoms with E-state index in [9.17, 15) is 9.59 Å². The predicted molar refractivity (Wildman–Crippen MR) is 56.1 cm³/mol. The van der Waals surface area contributed by atoms with Crippen LogP contribution in [0.2, 0.25) is 0 Å². The van der Waals surface area contributed by atoms with Crippen molar-refractivity contribution in [2.45, 2.75) is 0 Å². The molecule has 78 valence electrons. The van der Waals surface area contributed by atoms with E-state index in [-0.39, 0.29) is 5.57 Å². The molecule has 0 fully saturated rings. The number of hydrogen-bond donors (Lipinski definition) is 2. The van der Waals surface area contributed by atoms with Crippen molar-refractivity contribution in [1.82, 2.24) is 5.32 Å². The maximum absolute atomic E-state index is 11.0. The zero-order chi connectivity index (χ0) is 11.3. The van der Waals surface area contributed by atoms with Crippen LogP contribution in [0.25, 0.3) is 5.57 Å². The number of aliphatic carboxylic acids is 1. The average Bonchev–Trinajstić information content (AvgIpc) is 2.26. The molecule has 0 aliphatic carbocycles. The molecular weight excluding hydrogens is 194 g/mol. The third-order valence-electron chi connectivity index (χ3n) is 1.84. The van der Waals surface area contributed by atoms with Gasteiger partial charge in [-0.3, -0.25) is 4.79 Å². The second-order valence-corrected chi connectivity index (χ2v) is 2.84. The van der Waals surface area contributed by atoms with Crippen molar-refractivity contribution in [2.75, 3.05) is 7.05 Å². The third kappa shape index (κ3) is 2.95. The first-order valence-corrected chi connectivity index (χ1v) is 4.37. The number of amides is 1. The van der Waals surface area contributed by atoms with E-state index >= 15 is 0 Å². The molecule has 1 rings (SSSR count). The van der Waals surface area contributed by atoms with E-state index in [0.717, 1.165) is 6.08 Å². The molecular formula is C11H11NO3. The number of carboxylic acid groups (broad SMARTS) is 1. The molecule has 0 saturated heterocycles. The van der Waals surface area contributed by atoms with Crippen LogP contribution in [0.3, 0.4) is 0 Å². The van der Waals surface area contributed by atoms with E-state index in [1.54, 1.807) is 30.3 Å². The molecule has 2 N–H and O–H groups in total. The molecule has 1 aromatic carbocycles. The normalized spacial score (nSPS) is 10.9. The maximum Gasteiger partial charge on any atom is 0.336 e. The van der Waals surface area contributed by atoms with Gasteiger partial charge in [0.15, 0.2) is 0 Å². The van der Waals surface area contributed by atoms with Crippen molar-refractivity contribution in [1.29, 1.82) is 0 Å². The van der Waals surface area contributed by atoms with Crippen LogP contribution in [0.4, 0.5) is 0 Å². The Bertz CT molecular complexity index is 396. The summed E-state index contributed by atoms with van der Waals surface area (Å²) in [6.45, 7) is 0. The lowest BCUT2D eigenvalue weighted by atomic mass is 10.1. The molecule has 0 aliphatic heterocycles. The molecule has 1 amide bonds. The minimum atomic E-state index is -1.12. The van der Waals surface area contributed by atoms with Gasteiger partial charge in [0.25, 0.3) is 0 Å². The molecule has 4 heteroatoms. The third-order valence-corrected chi connectivity index (χ3v) is 1.84. The molecule has 0 saturated carbocycles. The molecule has 4 nitrogen and oxygen atoms in total. The zero-order valence-corrected chi connectivity index (χ0v) is 8.23. The number of rotatable bonds is 3. The van der Waals surface area contributed by atoms with Crippen molar-refractivity contribution in [3.63, 3.8) is 0 Å². The van der Waals surface area contributed by atoms with E-state index in [1.165, 1.54) is 7.05 Å². The molecule has 0 unspecified atom stereocenters. The lowest BCUT2D eigenvalue weighted by molar-refractivity contribution is -0.130. The molecule has 0 bridgehead atoms. The number of hydrogen-bond acceptors (Lipinski definition) is 2. The predicted octanol–water partition coefficient (Wildman–Crippen LogP) is 0.901. The topological polar surface area (TPSA) is 66.4 Å². The van der Waals surface area contributed by atoms with Crippen LogP contribution in [0.5, 0.6) is 0 Å². The summed E-state index contributed by atoms with van der Waals surface area (Å²) in [6.07, 6.45) is 1.07. The number of carboxylic acids is 1. The Morgan fingerprint density at radius 3 is 2.33 bits per heavy atom. The number of likely N-dealkylation sites (N-methyl/N-ethyl adjacent to an activating group) is 1. The summed E-state index contributed by atoms with van der Waals surface area (Å²) < 4.78 is 0. The first-order chi connectivity index (χ1) is 7.15. The van der Waals surface area contributed by atoms with Gasteiger partial charge < -0.3 is 10.4 Å². The molecule has 0 aliphatic rings. The summed E-state index contributed by atoms with van der Waals surface area (Å²) >= 11 is 0. The van der Waals surface area contributed by atoms with Crippen molar-refractivity contribution < 1.29 is 14.7 Å². The molecule has 0 radical (unpaired) electrons. The fourth-order valence-electron chi connectivity index (χ4n) is 1.09. The highest BCUT2D eigenvalue weighted by molar-refractivity contribution is 6.20. The van der Waals surface area contributed by atoms with Gasteiger partial charge in [0.2, 0.25) is 5.91 Å². The Balaban J connectivity index is 3.10. The standard InChI is InChI=1S/C11H11NO3/c1-12-10(13)7-9(11(14)15)8-5-3-2-4-6-8/h2-7H,1H3,(H,12,13)(H,14,15)/b9-7+. The van der Waals surface area contributed by atoms with E-state index in [1.807, 2.05) is 0 Å². The van der Waals surface area contributed by atoms with Crippen LogP contribution in [0.1, 0.15) is 5.56 Å². The minimum Gasteiger partial charge on any atom is -0.478 e. The van der Waals surface area contributed by atoms with Gasteiger partial charge >= 0.3 is 5.97 Å². The number of carbonyl (C=O) groups excluding carboxylic acids is 1. The molecule has 1 aromatic rings. The zero-order valence-electron chi connectivity index (χ0n) is 8.23. The summed E-state index contributed by atoms with van der Waals surface area (Å²) in [5.41, 5.74) is 0.489. The van der Waals surface area contributed by atoms with Crippen LogP contribution in [-0.2, 0) is 9.59 Å². The van der Waals surface area contributed by atoms with Crippen molar-refractivity contribution in [3.8, 4) is 0 Å². The highest BCUT2D eigenvalue weighted by atomic mass is 16.4. The minimum absolute atomic E-state index is 0.0186. The Hall–Kier alpha value is -2.10. The first kappa shape index (κ1) is 11.0. The maximum atomic E-state index is 11.0. The Morgan fingerprint density at radius 2 is 1.87 bits per heavy atom. The monoisotopic (exact) mass is 205 g/mol. The van der Waals surface area contributed by atoms with Gasteiger partial charge in [0.05, 0.1) is 5.57 Å². The summed E-state index contributed by atoms with van der Waals surface area (Å²) in [4.78, 5) is 22.0. The SMILES string of the molecule is CNC(=O)/C=C(/C(=O)O)c1ccccc1. The van der Waals surface area contributed by atoms with E-state index in [0.29, 0.717) is 5.56 Å². The second-order valence-electron chi connectivity index (χ2n) is 2.84. The summed E-state index contributed by atoms with van der Waals surface area (Å²) in [5.74, 6) is -1.55. The van der Waals surface area contributed by atoms with Crippen LogP contribution < -0.4 is 5.32 Å². The van der Waals surface area contributed by atoms with E-state index in [2.05, 4.69) is 5.32 Å². The highest BCUT2D eigenvalue weighted by Crippen LogP contribution is 2.13. The Labute approximate surface area is 87.2 Å². The quantitative estimate of drug-likeness (QED) is 0.720. The average molecular weight is 205 g/mol. The van der Waals surface area contributed by atoms with Gasteiger partial charge in [-0.1, -0.05) is 30.3 Å². The van der Waals surface area contributed by atoms with E-state index in [4.69, 9.17) is 5.11 Å². The smallest absolute Gasteiger partial charge is 0.336 e. The van der Waals surface area contributed by atoms with Gasteiger partial charge in [0.1, 0.15) is 0 Å². The Morgan fingerprint density at radius 1 is 1.27 bits per heavy atom.